The molecule has 1 N–H and O–H groups in total. The maximum absolute atomic E-state index is 13.0. The first kappa shape index (κ1) is 20.0. The second-order valence-corrected chi connectivity index (χ2v) is 7.61. The van der Waals surface area contributed by atoms with Crippen LogP contribution in [0.25, 0.3) is 22.2 Å². The van der Waals surface area contributed by atoms with Crippen LogP contribution in [0.15, 0.2) is 54.9 Å². The standard InChI is InChI=1S/C24H26N4O2/c29-23-11-2-1-5-14-28(23)15-7-13-26-24(30)20-16-22(18-8-6-12-25-17-18)27-21-10-4-3-9-19(20)21/h3-4,6,8-10,12,16-17H,1-2,5,7,11,13-15H2,(H,26,30). The second-order valence-electron chi connectivity index (χ2n) is 7.61. The van der Waals surface area contributed by atoms with Crippen molar-refractivity contribution < 1.29 is 9.59 Å². The monoisotopic (exact) mass is 402 g/mol. The lowest BCUT2D eigenvalue weighted by atomic mass is 10.0. The van der Waals surface area contributed by atoms with E-state index in [9.17, 15) is 9.59 Å². The van der Waals surface area contributed by atoms with Crippen molar-refractivity contribution in [2.24, 2.45) is 0 Å². The van der Waals surface area contributed by atoms with Crippen LogP contribution in [-0.4, -0.2) is 46.3 Å². The van der Waals surface area contributed by atoms with E-state index in [0.29, 0.717) is 25.1 Å². The number of hydrogen-bond donors (Lipinski definition) is 1. The van der Waals surface area contributed by atoms with Gasteiger partial charge in [0.25, 0.3) is 5.91 Å². The van der Waals surface area contributed by atoms with Crippen LogP contribution in [0, 0.1) is 0 Å². The third kappa shape index (κ3) is 4.64. The summed E-state index contributed by atoms with van der Waals surface area (Å²) in [6.07, 6.45) is 8.03. The fourth-order valence-corrected chi connectivity index (χ4v) is 3.87. The molecule has 1 fully saturated rings. The minimum Gasteiger partial charge on any atom is -0.352 e. The second kappa shape index (κ2) is 9.48. The van der Waals surface area contributed by atoms with Gasteiger partial charge in [0.1, 0.15) is 0 Å². The highest BCUT2D eigenvalue weighted by molar-refractivity contribution is 6.07. The van der Waals surface area contributed by atoms with E-state index in [4.69, 9.17) is 4.98 Å². The van der Waals surface area contributed by atoms with Gasteiger partial charge < -0.3 is 10.2 Å². The van der Waals surface area contributed by atoms with Gasteiger partial charge in [-0.15, -0.1) is 0 Å². The molecule has 0 unspecified atom stereocenters. The molecule has 1 saturated heterocycles. The first-order valence-corrected chi connectivity index (χ1v) is 10.6. The molecular weight excluding hydrogens is 376 g/mol. The van der Waals surface area contributed by atoms with E-state index in [0.717, 1.165) is 54.4 Å². The zero-order chi connectivity index (χ0) is 20.8. The van der Waals surface area contributed by atoms with E-state index in [2.05, 4.69) is 10.3 Å². The molecule has 6 heteroatoms. The van der Waals surface area contributed by atoms with Gasteiger partial charge in [-0.05, 0) is 43.5 Å². The number of pyridine rings is 2. The number of hydrogen-bond acceptors (Lipinski definition) is 4. The molecule has 0 atom stereocenters. The molecule has 30 heavy (non-hydrogen) atoms. The van der Waals surface area contributed by atoms with Crippen LogP contribution in [0.2, 0.25) is 0 Å². The van der Waals surface area contributed by atoms with E-state index < -0.39 is 0 Å². The third-order valence-electron chi connectivity index (χ3n) is 5.48. The molecule has 2 aromatic heterocycles. The Kier molecular flexibility index (Phi) is 6.32. The van der Waals surface area contributed by atoms with Gasteiger partial charge in [-0.25, -0.2) is 4.98 Å². The highest BCUT2D eigenvalue weighted by Crippen LogP contribution is 2.24. The van der Waals surface area contributed by atoms with Crippen molar-refractivity contribution in [3.63, 3.8) is 0 Å². The molecule has 3 heterocycles. The lowest BCUT2D eigenvalue weighted by Crippen LogP contribution is -2.34. The summed E-state index contributed by atoms with van der Waals surface area (Å²) < 4.78 is 0. The fourth-order valence-electron chi connectivity index (χ4n) is 3.87. The Morgan fingerprint density at radius 1 is 1.10 bits per heavy atom. The molecule has 6 nitrogen and oxygen atoms in total. The summed E-state index contributed by atoms with van der Waals surface area (Å²) >= 11 is 0. The zero-order valence-corrected chi connectivity index (χ0v) is 17.0. The highest BCUT2D eigenvalue weighted by Gasteiger charge is 2.17. The van der Waals surface area contributed by atoms with Crippen LogP contribution in [0.5, 0.6) is 0 Å². The van der Waals surface area contributed by atoms with Gasteiger partial charge in [-0.3, -0.25) is 14.6 Å². The van der Waals surface area contributed by atoms with Gasteiger partial charge >= 0.3 is 0 Å². The molecule has 0 saturated carbocycles. The van der Waals surface area contributed by atoms with Crippen LogP contribution in [0.3, 0.4) is 0 Å². The largest absolute Gasteiger partial charge is 0.352 e. The van der Waals surface area contributed by atoms with Gasteiger partial charge in [-0.1, -0.05) is 24.6 Å². The minimum atomic E-state index is -0.124. The van der Waals surface area contributed by atoms with Gasteiger partial charge in [0.2, 0.25) is 5.91 Å². The van der Waals surface area contributed by atoms with Crippen molar-refractivity contribution in [2.45, 2.75) is 32.1 Å². The molecule has 0 spiro atoms. The Hall–Kier alpha value is -3.28. The normalized spacial score (nSPS) is 14.5. The van der Waals surface area contributed by atoms with Gasteiger partial charge in [0, 0.05) is 49.4 Å². The van der Waals surface area contributed by atoms with E-state index in [1.165, 1.54) is 0 Å². The lowest BCUT2D eigenvalue weighted by molar-refractivity contribution is -0.130. The van der Waals surface area contributed by atoms with Crippen molar-refractivity contribution in [3.8, 4) is 11.3 Å². The summed E-state index contributed by atoms with van der Waals surface area (Å²) in [5, 5.41) is 3.84. The molecule has 0 aliphatic carbocycles. The number of fused-ring (bicyclic) bond motifs is 1. The van der Waals surface area contributed by atoms with Crippen molar-refractivity contribution in [1.29, 1.82) is 0 Å². The summed E-state index contributed by atoms with van der Waals surface area (Å²) in [7, 11) is 0. The number of carbonyl (C=O) groups is 2. The maximum Gasteiger partial charge on any atom is 0.252 e. The highest BCUT2D eigenvalue weighted by atomic mass is 16.2. The summed E-state index contributed by atoms with van der Waals surface area (Å²) in [6.45, 7) is 2.05. The average molecular weight is 402 g/mol. The Balaban J connectivity index is 1.46. The Morgan fingerprint density at radius 2 is 2.00 bits per heavy atom. The van der Waals surface area contributed by atoms with Crippen LogP contribution in [0.4, 0.5) is 0 Å². The van der Waals surface area contributed by atoms with E-state index in [-0.39, 0.29) is 11.8 Å². The molecular formula is C24H26N4O2. The summed E-state index contributed by atoms with van der Waals surface area (Å²) in [5.74, 6) is 0.112. The molecule has 1 aliphatic heterocycles. The number of aromatic nitrogens is 2. The average Bonchev–Trinajstić information content (AvgIpc) is 3.00. The molecule has 1 aliphatic rings. The molecule has 0 radical (unpaired) electrons. The number of nitrogens with zero attached hydrogens (tertiary/aromatic N) is 3. The first-order chi connectivity index (χ1) is 14.7. The third-order valence-corrected chi connectivity index (χ3v) is 5.48. The summed E-state index contributed by atoms with van der Waals surface area (Å²) in [6, 6.07) is 13.3. The van der Waals surface area contributed by atoms with Crippen molar-refractivity contribution >= 4 is 22.7 Å². The van der Waals surface area contributed by atoms with Crippen molar-refractivity contribution in [1.82, 2.24) is 20.2 Å². The van der Waals surface area contributed by atoms with Gasteiger partial charge in [0.15, 0.2) is 0 Å². The molecule has 3 aromatic rings. The zero-order valence-electron chi connectivity index (χ0n) is 17.0. The number of likely N-dealkylation sites (tertiary alicyclic amines) is 1. The Labute approximate surface area is 176 Å². The van der Waals surface area contributed by atoms with E-state index in [1.54, 1.807) is 12.4 Å². The summed E-state index contributed by atoms with van der Waals surface area (Å²) in [4.78, 5) is 35.9. The van der Waals surface area contributed by atoms with Crippen LogP contribution < -0.4 is 5.32 Å². The number of amides is 2. The smallest absolute Gasteiger partial charge is 0.252 e. The maximum atomic E-state index is 13.0. The Morgan fingerprint density at radius 3 is 2.87 bits per heavy atom. The van der Waals surface area contributed by atoms with E-state index in [1.807, 2.05) is 47.4 Å². The van der Waals surface area contributed by atoms with Crippen LogP contribution >= 0.6 is 0 Å². The van der Waals surface area contributed by atoms with E-state index >= 15 is 0 Å². The lowest BCUT2D eigenvalue weighted by Gasteiger charge is -2.20. The fraction of sp³-hybridized carbons (Fsp3) is 0.333. The van der Waals surface area contributed by atoms with Crippen molar-refractivity contribution in [3.05, 3.63) is 60.4 Å². The molecule has 2 amide bonds. The van der Waals surface area contributed by atoms with Crippen LogP contribution in [0.1, 0.15) is 42.5 Å². The predicted molar refractivity (Wildman–Crippen MR) is 117 cm³/mol. The topological polar surface area (TPSA) is 75.2 Å². The number of rotatable bonds is 6. The summed E-state index contributed by atoms with van der Waals surface area (Å²) in [5.41, 5.74) is 2.98. The predicted octanol–water partition coefficient (Wildman–Crippen LogP) is 3.82. The SMILES string of the molecule is O=C(NCCCN1CCCCCC1=O)c1cc(-c2cccnc2)nc2ccccc12. The molecule has 154 valence electrons. The Bertz CT molecular complexity index is 1040. The van der Waals surface area contributed by atoms with Crippen molar-refractivity contribution in [2.75, 3.05) is 19.6 Å². The molecule has 0 bridgehead atoms. The minimum absolute atomic E-state index is 0.124. The van der Waals surface area contributed by atoms with Crippen LogP contribution in [-0.2, 0) is 4.79 Å². The number of benzene rings is 1. The molecule has 4 rings (SSSR count). The van der Waals surface area contributed by atoms with Gasteiger partial charge in [0.05, 0.1) is 16.8 Å². The van der Waals surface area contributed by atoms with Gasteiger partial charge in [-0.2, -0.15) is 0 Å². The quantitative estimate of drug-likeness (QED) is 0.636. The number of carbonyl (C=O) groups excluding carboxylic acids is 2. The molecule has 1 aromatic carbocycles. The number of nitrogens with one attached hydrogen (secondary N) is 1. The first-order valence-electron chi connectivity index (χ1n) is 10.6. The number of para-hydroxylation sites is 1.